The zero-order chi connectivity index (χ0) is 15.0. The molecule has 1 aliphatic heterocycles. The van der Waals surface area contributed by atoms with Crippen molar-refractivity contribution in [3.05, 3.63) is 46.2 Å². The van der Waals surface area contributed by atoms with Gasteiger partial charge in [-0.05, 0) is 0 Å². The number of carboxylic acids is 1. The normalized spacial score (nSPS) is 17.3. The van der Waals surface area contributed by atoms with Crippen LogP contribution in [0.2, 0.25) is 0 Å². The lowest BCUT2D eigenvalue weighted by atomic mass is 10.0. The van der Waals surface area contributed by atoms with Crippen LogP contribution >= 0.6 is 0 Å². The monoisotopic (exact) mass is 289 g/mol. The first-order valence-electron chi connectivity index (χ1n) is 6.18. The predicted molar refractivity (Wildman–Crippen MR) is 68.6 cm³/mol. The molecule has 0 unspecified atom stereocenters. The fourth-order valence-electron chi connectivity index (χ4n) is 2.35. The quantitative estimate of drug-likeness (QED) is 0.671. The van der Waals surface area contributed by atoms with E-state index in [0.29, 0.717) is 17.8 Å². The molecule has 3 rings (SSSR count). The highest BCUT2D eigenvalue weighted by Crippen LogP contribution is 2.28. The van der Waals surface area contributed by atoms with Crippen LogP contribution in [0.25, 0.3) is 0 Å². The van der Waals surface area contributed by atoms with E-state index < -0.39 is 23.5 Å². The number of hydrogen-bond acceptors (Lipinski definition) is 5. The Hall–Kier alpha value is -2.97. The Morgan fingerprint density at radius 1 is 1.33 bits per heavy atom. The van der Waals surface area contributed by atoms with Crippen LogP contribution in [0.3, 0.4) is 0 Å². The maximum atomic E-state index is 12.4. The fraction of sp³-hybridized carbons (Fsp3) is 0.250. The third-order valence-corrected chi connectivity index (χ3v) is 3.31. The highest BCUT2D eigenvalue weighted by atomic mass is 16.4. The van der Waals surface area contributed by atoms with Crippen molar-refractivity contribution in [3.63, 3.8) is 0 Å². The van der Waals surface area contributed by atoms with Crippen molar-refractivity contribution in [2.75, 3.05) is 6.54 Å². The van der Waals surface area contributed by atoms with Crippen molar-refractivity contribution in [1.82, 2.24) is 24.8 Å². The SMILES string of the molecule is O=C(O)[C@@H]1c2nc[nH]c2CCN1C(=O)c1c[nH]c(=O)cn1. The Balaban J connectivity index is 1.98. The molecule has 0 spiro atoms. The van der Waals surface area contributed by atoms with Gasteiger partial charge in [0, 0.05) is 24.9 Å². The zero-order valence-electron chi connectivity index (χ0n) is 10.7. The summed E-state index contributed by atoms with van der Waals surface area (Å²) in [5.41, 5.74) is 0.585. The van der Waals surface area contributed by atoms with E-state index in [2.05, 4.69) is 19.9 Å². The number of aromatic amines is 2. The van der Waals surface area contributed by atoms with Crippen LogP contribution in [0.1, 0.15) is 27.9 Å². The number of aromatic nitrogens is 4. The lowest BCUT2D eigenvalue weighted by Crippen LogP contribution is -2.44. The van der Waals surface area contributed by atoms with Crippen molar-refractivity contribution in [1.29, 1.82) is 0 Å². The predicted octanol–water partition coefficient (Wildman–Crippen LogP) is -0.683. The molecule has 0 radical (unpaired) electrons. The molecular formula is C12H11N5O4. The van der Waals surface area contributed by atoms with Crippen LogP contribution in [-0.2, 0) is 11.2 Å². The summed E-state index contributed by atoms with van der Waals surface area (Å²) >= 11 is 0. The van der Waals surface area contributed by atoms with Crippen molar-refractivity contribution >= 4 is 11.9 Å². The number of hydrogen-bond donors (Lipinski definition) is 3. The van der Waals surface area contributed by atoms with Crippen LogP contribution in [0.5, 0.6) is 0 Å². The first-order chi connectivity index (χ1) is 10.1. The van der Waals surface area contributed by atoms with Crippen LogP contribution in [0.15, 0.2) is 23.5 Å². The van der Waals surface area contributed by atoms with Crippen LogP contribution in [0.4, 0.5) is 0 Å². The van der Waals surface area contributed by atoms with Gasteiger partial charge in [-0.3, -0.25) is 9.59 Å². The van der Waals surface area contributed by atoms with Gasteiger partial charge in [0.05, 0.1) is 18.2 Å². The molecular weight excluding hydrogens is 278 g/mol. The van der Waals surface area contributed by atoms with E-state index in [1.54, 1.807) is 0 Å². The molecule has 3 heterocycles. The summed E-state index contributed by atoms with van der Waals surface area (Å²) < 4.78 is 0. The topological polar surface area (TPSA) is 132 Å². The number of aliphatic carboxylic acids is 1. The van der Waals surface area contributed by atoms with Gasteiger partial charge in [0.1, 0.15) is 5.69 Å². The minimum absolute atomic E-state index is 0.0140. The van der Waals surface area contributed by atoms with Gasteiger partial charge in [-0.2, -0.15) is 0 Å². The average Bonchev–Trinajstić information content (AvgIpc) is 2.94. The summed E-state index contributed by atoms with van der Waals surface area (Å²) in [5.74, 6) is -1.73. The summed E-state index contributed by atoms with van der Waals surface area (Å²) in [6, 6.07) is -1.17. The van der Waals surface area contributed by atoms with Crippen molar-refractivity contribution in [2.24, 2.45) is 0 Å². The van der Waals surface area contributed by atoms with E-state index in [0.717, 1.165) is 6.20 Å². The van der Waals surface area contributed by atoms with Crippen LogP contribution in [0, 0.1) is 0 Å². The molecule has 1 aliphatic rings. The molecule has 0 saturated carbocycles. The Morgan fingerprint density at radius 2 is 2.14 bits per heavy atom. The Kier molecular flexibility index (Phi) is 3.01. The number of nitrogens with zero attached hydrogens (tertiary/aromatic N) is 3. The largest absolute Gasteiger partial charge is 0.479 e. The van der Waals surface area contributed by atoms with E-state index >= 15 is 0 Å². The number of fused-ring (bicyclic) bond motifs is 1. The summed E-state index contributed by atoms with van der Waals surface area (Å²) in [6.07, 6.45) is 4.04. The summed E-state index contributed by atoms with van der Waals surface area (Å²) in [6.45, 7) is 0.228. The van der Waals surface area contributed by atoms with E-state index in [9.17, 15) is 19.5 Å². The van der Waals surface area contributed by atoms with Gasteiger partial charge in [-0.15, -0.1) is 0 Å². The molecule has 2 aromatic rings. The van der Waals surface area contributed by atoms with Gasteiger partial charge in [-0.25, -0.2) is 14.8 Å². The number of H-pyrrole nitrogens is 2. The molecule has 2 aromatic heterocycles. The first-order valence-corrected chi connectivity index (χ1v) is 6.18. The van der Waals surface area contributed by atoms with Gasteiger partial charge in [0.2, 0.25) is 0 Å². The molecule has 9 nitrogen and oxygen atoms in total. The molecule has 21 heavy (non-hydrogen) atoms. The lowest BCUT2D eigenvalue weighted by Gasteiger charge is -2.31. The van der Waals surface area contributed by atoms with Crippen molar-refractivity contribution < 1.29 is 14.7 Å². The lowest BCUT2D eigenvalue weighted by molar-refractivity contribution is -0.143. The third kappa shape index (κ3) is 2.18. The summed E-state index contributed by atoms with van der Waals surface area (Å²) in [4.78, 5) is 49.0. The second kappa shape index (κ2) is 4.85. The minimum atomic E-state index is -1.17. The zero-order valence-corrected chi connectivity index (χ0v) is 10.7. The van der Waals surface area contributed by atoms with E-state index in [4.69, 9.17) is 0 Å². The van der Waals surface area contributed by atoms with Crippen molar-refractivity contribution in [3.8, 4) is 0 Å². The van der Waals surface area contributed by atoms with Gasteiger partial charge in [0.15, 0.2) is 6.04 Å². The molecule has 0 aliphatic carbocycles. The van der Waals surface area contributed by atoms with Crippen molar-refractivity contribution in [2.45, 2.75) is 12.5 Å². The molecule has 9 heteroatoms. The Morgan fingerprint density at radius 3 is 2.81 bits per heavy atom. The van der Waals surface area contributed by atoms with Gasteiger partial charge in [0.25, 0.3) is 11.5 Å². The van der Waals surface area contributed by atoms with E-state index in [1.165, 1.54) is 17.4 Å². The van der Waals surface area contributed by atoms with Gasteiger partial charge in [-0.1, -0.05) is 0 Å². The molecule has 0 aromatic carbocycles. The molecule has 0 fully saturated rings. The summed E-state index contributed by atoms with van der Waals surface area (Å²) in [5, 5.41) is 9.39. The maximum absolute atomic E-state index is 12.4. The number of carboxylic acid groups (broad SMARTS) is 1. The maximum Gasteiger partial charge on any atom is 0.332 e. The molecule has 108 valence electrons. The second-order valence-electron chi connectivity index (χ2n) is 4.55. The Bertz CT molecular complexity index is 745. The second-order valence-corrected chi connectivity index (χ2v) is 4.55. The minimum Gasteiger partial charge on any atom is -0.479 e. The fourth-order valence-corrected chi connectivity index (χ4v) is 2.35. The van der Waals surface area contributed by atoms with E-state index in [-0.39, 0.29) is 12.2 Å². The van der Waals surface area contributed by atoms with Crippen LogP contribution < -0.4 is 5.56 Å². The molecule has 0 bridgehead atoms. The number of carbonyl (C=O) groups excluding carboxylic acids is 1. The molecule has 1 amide bonds. The van der Waals surface area contributed by atoms with Gasteiger partial charge < -0.3 is 20.0 Å². The number of carbonyl (C=O) groups is 2. The molecule has 1 atom stereocenters. The first kappa shape index (κ1) is 13.0. The number of rotatable bonds is 2. The number of imidazole rings is 1. The Labute approximate surface area is 117 Å². The van der Waals surface area contributed by atoms with E-state index in [1.807, 2.05) is 0 Å². The third-order valence-electron chi connectivity index (χ3n) is 3.31. The highest BCUT2D eigenvalue weighted by molar-refractivity contribution is 5.95. The molecule has 0 saturated heterocycles. The number of amides is 1. The molecule has 3 N–H and O–H groups in total. The highest BCUT2D eigenvalue weighted by Gasteiger charge is 2.38. The number of nitrogens with one attached hydrogen (secondary N) is 2. The average molecular weight is 289 g/mol. The summed E-state index contributed by atoms with van der Waals surface area (Å²) in [7, 11) is 0. The standard InChI is InChI=1S/C12H11N5O4/c18-8-4-13-7(3-14-8)11(19)17-2-1-6-9(16-5-15-6)10(17)12(20)21/h3-5,10H,1-2H2,(H,14,18)(H,15,16)(H,20,21)/t10-/m0/s1. The van der Waals surface area contributed by atoms with Gasteiger partial charge >= 0.3 is 5.97 Å². The smallest absolute Gasteiger partial charge is 0.332 e. The van der Waals surface area contributed by atoms with Crippen LogP contribution in [-0.4, -0.2) is 48.4 Å².